The molecule has 2 amide bonds. The molecule has 148 valence electrons. The van der Waals surface area contributed by atoms with Gasteiger partial charge in [0.05, 0.1) is 23.8 Å². The molecule has 1 aliphatic rings. The number of imidazole rings is 2. The number of para-hydroxylation sites is 2. The predicted octanol–water partition coefficient (Wildman–Crippen LogP) is 1.68. The third-order valence-electron chi connectivity index (χ3n) is 4.92. The van der Waals surface area contributed by atoms with Gasteiger partial charge in [-0.3, -0.25) is 9.59 Å². The summed E-state index contributed by atoms with van der Waals surface area (Å²) in [6.07, 6.45) is 2.25. The Kier molecular flexibility index (Phi) is 5.04. The summed E-state index contributed by atoms with van der Waals surface area (Å²) in [4.78, 5) is 37.4. The Morgan fingerprint density at radius 2 is 2.14 bits per heavy atom. The molecule has 3 heterocycles. The van der Waals surface area contributed by atoms with Gasteiger partial charge in [-0.15, -0.1) is 0 Å². The number of hydrogen-bond donors (Lipinski definition) is 2. The average Bonchev–Trinajstić information content (AvgIpc) is 3.31. The summed E-state index contributed by atoms with van der Waals surface area (Å²) in [5, 5.41) is 2.92. The second-order valence-electron chi connectivity index (χ2n) is 7.13. The average molecular weight is 390 g/mol. The number of nitrogens with zero attached hydrogens (tertiary/aromatic N) is 4. The van der Waals surface area contributed by atoms with Gasteiger partial charge in [-0.1, -0.05) is 18.1 Å². The quantitative estimate of drug-likeness (QED) is 0.665. The van der Waals surface area contributed by atoms with Crippen LogP contribution in [0.5, 0.6) is 0 Å². The van der Waals surface area contributed by atoms with E-state index < -0.39 is 0 Å². The summed E-state index contributed by atoms with van der Waals surface area (Å²) in [7, 11) is 0. The predicted molar refractivity (Wildman–Crippen MR) is 108 cm³/mol. The maximum absolute atomic E-state index is 12.4. The maximum Gasteiger partial charge on any atom is 0.287 e. The van der Waals surface area contributed by atoms with Crippen LogP contribution in [-0.4, -0.2) is 48.8 Å². The van der Waals surface area contributed by atoms with Crippen molar-refractivity contribution in [1.82, 2.24) is 29.7 Å². The molecular weight excluding hydrogens is 368 g/mol. The first-order valence-electron chi connectivity index (χ1n) is 9.55. The van der Waals surface area contributed by atoms with E-state index in [1.165, 1.54) is 0 Å². The minimum absolute atomic E-state index is 0.0564. The number of amides is 2. The molecular formula is C21H22N6O2. The van der Waals surface area contributed by atoms with E-state index in [2.05, 4.69) is 32.1 Å². The number of carbonyl (C=O) groups is 2. The highest BCUT2D eigenvalue weighted by Crippen LogP contribution is 2.14. The van der Waals surface area contributed by atoms with E-state index in [0.29, 0.717) is 31.9 Å². The van der Waals surface area contributed by atoms with Crippen molar-refractivity contribution in [3.8, 4) is 11.8 Å². The van der Waals surface area contributed by atoms with Crippen molar-refractivity contribution >= 4 is 22.8 Å². The number of carbonyl (C=O) groups excluding carboxylic acids is 2. The van der Waals surface area contributed by atoms with Gasteiger partial charge in [0.1, 0.15) is 11.5 Å². The Morgan fingerprint density at radius 1 is 1.31 bits per heavy atom. The van der Waals surface area contributed by atoms with E-state index in [1.807, 2.05) is 35.8 Å². The van der Waals surface area contributed by atoms with Crippen LogP contribution in [-0.2, 0) is 17.9 Å². The summed E-state index contributed by atoms with van der Waals surface area (Å²) in [5.74, 6) is 7.21. The van der Waals surface area contributed by atoms with Crippen molar-refractivity contribution in [2.45, 2.75) is 39.4 Å². The van der Waals surface area contributed by atoms with Crippen LogP contribution in [0.25, 0.3) is 11.0 Å². The summed E-state index contributed by atoms with van der Waals surface area (Å²) < 4.78 is 2.05. The van der Waals surface area contributed by atoms with E-state index in [1.54, 1.807) is 18.0 Å². The van der Waals surface area contributed by atoms with Crippen molar-refractivity contribution in [2.24, 2.45) is 0 Å². The molecule has 8 nitrogen and oxygen atoms in total. The topological polar surface area (TPSA) is 95.9 Å². The Morgan fingerprint density at radius 3 is 2.93 bits per heavy atom. The van der Waals surface area contributed by atoms with Crippen LogP contribution in [0.3, 0.4) is 0 Å². The van der Waals surface area contributed by atoms with Gasteiger partial charge in [-0.25, -0.2) is 9.97 Å². The molecule has 8 heteroatoms. The number of hydrogen-bond acceptors (Lipinski definition) is 4. The first-order chi connectivity index (χ1) is 14.0. The van der Waals surface area contributed by atoms with Gasteiger partial charge in [-0.2, -0.15) is 0 Å². The van der Waals surface area contributed by atoms with Gasteiger partial charge < -0.3 is 19.8 Å². The van der Waals surface area contributed by atoms with Crippen molar-refractivity contribution in [3.05, 3.63) is 47.8 Å². The van der Waals surface area contributed by atoms with Crippen LogP contribution in [0.2, 0.25) is 0 Å². The first-order valence-corrected chi connectivity index (χ1v) is 9.55. The molecule has 0 spiro atoms. The Labute approximate surface area is 168 Å². The molecule has 0 radical (unpaired) electrons. The van der Waals surface area contributed by atoms with Gasteiger partial charge in [0.15, 0.2) is 5.82 Å². The Hall–Kier alpha value is -3.60. The molecule has 2 aromatic heterocycles. The second-order valence-corrected chi connectivity index (χ2v) is 7.13. The second kappa shape index (κ2) is 7.80. The number of benzene rings is 1. The largest absolute Gasteiger partial charge is 0.346 e. The maximum atomic E-state index is 12.4. The highest BCUT2D eigenvalue weighted by Gasteiger charge is 2.20. The lowest BCUT2D eigenvalue weighted by atomic mass is 10.2. The Balaban J connectivity index is 1.36. The molecule has 0 unspecified atom stereocenters. The number of H-pyrrole nitrogens is 1. The Bertz CT molecular complexity index is 1100. The fourth-order valence-corrected chi connectivity index (χ4v) is 3.33. The molecule has 4 rings (SSSR count). The number of aromatic amines is 1. The molecule has 0 aliphatic carbocycles. The zero-order valence-corrected chi connectivity index (χ0v) is 16.4. The minimum Gasteiger partial charge on any atom is -0.346 e. The molecule has 3 aromatic rings. The first kappa shape index (κ1) is 18.7. The van der Waals surface area contributed by atoms with E-state index in [9.17, 15) is 9.59 Å². The van der Waals surface area contributed by atoms with Crippen LogP contribution >= 0.6 is 0 Å². The summed E-state index contributed by atoms with van der Waals surface area (Å²) in [6, 6.07) is 7.40. The van der Waals surface area contributed by atoms with Gasteiger partial charge in [0.25, 0.3) is 5.91 Å². The summed E-state index contributed by atoms with van der Waals surface area (Å²) in [6.45, 7) is 5.35. The highest BCUT2D eigenvalue weighted by atomic mass is 16.2. The fraction of sp³-hybridized carbons (Fsp3) is 0.333. The third kappa shape index (κ3) is 3.99. The molecule has 0 saturated carbocycles. The van der Waals surface area contributed by atoms with Crippen molar-refractivity contribution in [2.75, 3.05) is 6.54 Å². The van der Waals surface area contributed by atoms with Gasteiger partial charge >= 0.3 is 0 Å². The van der Waals surface area contributed by atoms with Gasteiger partial charge in [-0.05, 0) is 25.0 Å². The fourth-order valence-electron chi connectivity index (χ4n) is 3.33. The standard InChI is InChI=1S/C21H22N6O2/c1-14(23-21(29)20-24-17-8-3-4-9-18(17)25-20)6-5-7-16-12-22-19-13-26(15(2)28)10-11-27(16)19/h3-4,8-9,12,14H,6,10-11,13H2,1-2H3,(H,23,29)(H,24,25)/t14-/m0/s1. The van der Waals surface area contributed by atoms with Crippen LogP contribution in [0.4, 0.5) is 0 Å². The van der Waals surface area contributed by atoms with E-state index in [-0.39, 0.29) is 17.9 Å². The number of nitrogens with one attached hydrogen (secondary N) is 2. The van der Waals surface area contributed by atoms with Crippen LogP contribution in [0.1, 0.15) is 42.4 Å². The summed E-state index contributed by atoms with van der Waals surface area (Å²) in [5.41, 5.74) is 2.43. The molecule has 0 fully saturated rings. The minimum atomic E-state index is -0.249. The lowest BCUT2D eigenvalue weighted by Gasteiger charge is -2.26. The normalized spacial score (nSPS) is 14.1. The molecule has 2 N–H and O–H groups in total. The molecule has 1 atom stereocenters. The number of rotatable bonds is 3. The van der Waals surface area contributed by atoms with Crippen LogP contribution < -0.4 is 5.32 Å². The van der Waals surface area contributed by atoms with Crippen LogP contribution in [0, 0.1) is 11.8 Å². The number of fused-ring (bicyclic) bond motifs is 2. The zero-order chi connectivity index (χ0) is 20.4. The lowest BCUT2D eigenvalue weighted by molar-refractivity contribution is -0.130. The number of aromatic nitrogens is 4. The van der Waals surface area contributed by atoms with Crippen molar-refractivity contribution < 1.29 is 9.59 Å². The van der Waals surface area contributed by atoms with Crippen molar-refractivity contribution in [3.63, 3.8) is 0 Å². The SMILES string of the molecule is CC(=O)N1CCn2c(C#CC[C@H](C)NC(=O)c3nc4ccccc4[nH]3)cnc2C1. The molecule has 1 aliphatic heterocycles. The molecule has 0 saturated heterocycles. The molecule has 1 aromatic carbocycles. The van der Waals surface area contributed by atoms with E-state index in [0.717, 1.165) is 22.6 Å². The highest BCUT2D eigenvalue weighted by molar-refractivity contribution is 5.94. The van der Waals surface area contributed by atoms with E-state index >= 15 is 0 Å². The molecule has 0 bridgehead atoms. The van der Waals surface area contributed by atoms with Gasteiger partial charge in [0.2, 0.25) is 5.91 Å². The lowest BCUT2D eigenvalue weighted by Crippen LogP contribution is -2.37. The van der Waals surface area contributed by atoms with Crippen LogP contribution in [0.15, 0.2) is 30.5 Å². The third-order valence-corrected chi connectivity index (χ3v) is 4.92. The smallest absolute Gasteiger partial charge is 0.287 e. The van der Waals surface area contributed by atoms with E-state index in [4.69, 9.17) is 0 Å². The summed E-state index contributed by atoms with van der Waals surface area (Å²) >= 11 is 0. The van der Waals surface area contributed by atoms with Crippen molar-refractivity contribution in [1.29, 1.82) is 0 Å². The van der Waals surface area contributed by atoms with Gasteiger partial charge in [0, 0.05) is 32.5 Å². The zero-order valence-electron chi connectivity index (χ0n) is 16.4. The monoisotopic (exact) mass is 390 g/mol. The molecule has 29 heavy (non-hydrogen) atoms.